The Morgan fingerprint density at radius 3 is 2.48 bits per heavy atom. The lowest BCUT2D eigenvalue weighted by Crippen LogP contribution is -2.14. The van der Waals surface area contributed by atoms with Crippen molar-refractivity contribution in [1.29, 1.82) is 0 Å². The van der Waals surface area contributed by atoms with Crippen LogP contribution in [0.25, 0.3) is 0 Å². The summed E-state index contributed by atoms with van der Waals surface area (Å²) in [5, 5.41) is 2.82. The summed E-state index contributed by atoms with van der Waals surface area (Å²) in [4.78, 5) is 40.4. The molecular formula is C19H23N3O3S2. The first-order valence-corrected chi connectivity index (χ1v) is 10.3. The third-order valence-electron chi connectivity index (χ3n) is 3.62. The summed E-state index contributed by atoms with van der Waals surface area (Å²) in [7, 11) is 0. The zero-order valence-electron chi connectivity index (χ0n) is 15.6. The van der Waals surface area contributed by atoms with Crippen LogP contribution in [0.1, 0.15) is 41.2 Å². The third-order valence-corrected chi connectivity index (χ3v) is 5.92. The monoisotopic (exact) mass is 405 g/mol. The van der Waals surface area contributed by atoms with Crippen molar-refractivity contribution >= 4 is 46.4 Å². The van der Waals surface area contributed by atoms with Gasteiger partial charge >= 0.3 is 0 Å². The highest BCUT2D eigenvalue weighted by molar-refractivity contribution is 8.01. The molecule has 0 fully saturated rings. The van der Waals surface area contributed by atoms with E-state index in [4.69, 9.17) is 5.73 Å². The van der Waals surface area contributed by atoms with Gasteiger partial charge in [-0.25, -0.2) is 4.98 Å². The number of Topliss-reactive ketones (excluding diaryl/α,β-unsaturated/α-hetero) is 1. The van der Waals surface area contributed by atoms with Crippen LogP contribution in [0.2, 0.25) is 0 Å². The van der Waals surface area contributed by atoms with Gasteiger partial charge in [0.25, 0.3) is 0 Å². The van der Waals surface area contributed by atoms with Crippen LogP contribution in [-0.4, -0.2) is 28.3 Å². The number of ketones is 1. The highest BCUT2D eigenvalue weighted by Crippen LogP contribution is 2.28. The van der Waals surface area contributed by atoms with Gasteiger partial charge in [-0.15, -0.1) is 11.3 Å². The molecule has 0 aliphatic heterocycles. The van der Waals surface area contributed by atoms with Gasteiger partial charge in [0.1, 0.15) is 0 Å². The molecule has 0 radical (unpaired) electrons. The highest BCUT2D eigenvalue weighted by atomic mass is 32.2. The van der Waals surface area contributed by atoms with Crippen molar-refractivity contribution in [2.24, 2.45) is 11.7 Å². The number of hydrogen-bond donors (Lipinski definition) is 2. The van der Waals surface area contributed by atoms with Crippen LogP contribution >= 0.6 is 23.1 Å². The number of nitrogens with one attached hydrogen (secondary N) is 1. The zero-order chi connectivity index (χ0) is 20.0. The molecule has 1 aromatic heterocycles. The minimum absolute atomic E-state index is 0.0237. The standard InChI is InChI=1S/C19H23N3O3S2/c1-11(2)8-18(25)22-14-6-4-13(5-7-14)15(23)10-26-19-21-12(3)16(27-19)9-17(20)24/h4-7,11H,8-10H2,1-3H3,(H2,20,24)(H,22,25). The van der Waals surface area contributed by atoms with Gasteiger partial charge < -0.3 is 11.1 Å². The van der Waals surface area contributed by atoms with Crippen LogP contribution in [0.3, 0.4) is 0 Å². The topological polar surface area (TPSA) is 102 Å². The van der Waals surface area contributed by atoms with Crippen molar-refractivity contribution in [2.75, 3.05) is 11.1 Å². The van der Waals surface area contributed by atoms with Gasteiger partial charge in [0.15, 0.2) is 10.1 Å². The number of nitrogens with two attached hydrogens (primary N) is 1. The van der Waals surface area contributed by atoms with Gasteiger partial charge in [0.2, 0.25) is 11.8 Å². The molecule has 0 bridgehead atoms. The smallest absolute Gasteiger partial charge is 0.224 e. The van der Waals surface area contributed by atoms with Crippen LogP contribution in [-0.2, 0) is 16.0 Å². The molecule has 144 valence electrons. The maximum Gasteiger partial charge on any atom is 0.224 e. The fourth-order valence-corrected chi connectivity index (χ4v) is 4.46. The number of carbonyl (C=O) groups is 3. The predicted octanol–water partition coefficient (Wildman–Crippen LogP) is 3.44. The van der Waals surface area contributed by atoms with E-state index in [1.165, 1.54) is 23.1 Å². The van der Waals surface area contributed by atoms with Crippen LogP contribution in [0, 0.1) is 12.8 Å². The molecule has 27 heavy (non-hydrogen) atoms. The Hall–Kier alpha value is -2.19. The summed E-state index contributed by atoms with van der Waals surface area (Å²) >= 11 is 2.73. The Balaban J connectivity index is 1.91. The second kappa shape index (κ2) is 9.66. The summed E-state index contributed by atoms with van der Waals surface area (Å²) in [5.41, 5.74) is 7.25. The first-order valence-electron chi connectivity index (χ1n) is 8.55. The lowest BCUT2D eigenvalue weighted by Gasteiger charge is -2.07. The molecule has 0 saturated heterocycles. The average molecular weight is 406 g/mol. The number of thiazole rings is 1. The maximum atomic E-state index is 12.4. The van der Waals surface area contributed by atoms with Crippen molar-refractivity contribution < 1.29 is 14.4 Å². The number of rotatable bonds is 9. The second-order valence-electron chi connectivity index (χ2n) is 6.57. The lowest BCUT2D eigenvalue weighted by atomic mass is 10.1. The van der Waals surface area contributed by atoms with Gasteiger partial charge in [-0.3, -0.25) is 14.4 Å². The number of nitrogens with zero attached hydrogens (tertiary/aromatic N) is 1. The Labute approximate surface area is 166 Å². The summed E-state index contributed by atoms with van der Waals surface area (Å²) < 4.78 is 0.745. The van der Waals surface area contributed by atoms with E-state index in [1.807, 2.05) is 20.8 Å². The van der Waals surface area contributed by atoms with E-state index in [0.717, 1.165) is 14.9 Å². The highest BCUT2D eigenvalue weighted by Gasteiger charge is 2.13. The van der Waals surface area contributed by atoms with Crippen LogP contribution in [0.5, 0.6) is 0 Å². The number of benzene rings is 1. The number of aryl methyl sites for hydroxylation is 1. The number of carbonyl (C=O) groups excluding carboxylic acids is 3. The van der Waals surface area contributed by atoms with Crippen molar-refractivity contribution in [3.8, 4) is 0 Å². The number of thioether (sulfide) groups is 1. The quantitative estimate of drug-likeness (QED) is 0.491. The molecule has 0 atom stereocenters. The summed E-state index contributed by atoms with van der Waals surface area (Å²) in [6.07, 6.45) is 0.629. The van der Waals surface area contributed by atoms with E-state index in [-0.39, 0.29) is 23.9 Å². The van der Waals surface area contributed by atoms with Crippen molar-refractivity contribution in [3.05, 3.63) is 40.4 Å². The Bertz CT molecular complexity index is 829. The fourth-order valence-electron chi connectivity index (χ4n) is 2.32. The van der Waals surface area contributed by atoms with E-state index in [2.05, 4.69) is 10.3 Å². The number of aromatic nitrogens is 1. The molecule has 2 amide bonds. The SMILES string of the molecule is Cc1nc(SCC(=O)c2ccc(NC(=O)CC(C)C)cc2)sc1CC(N)=O. The molecular weight excluding hydrogens is 382 g/mol. The molecule has 8 heteroatoms. The molecule has 3 N–H and O–H groups in total. The Morgan fingerprint density at radius 2 is 1.89 bits per heavy atom. The fraction of sp³-hybridized carbons (Fsp3) is 0.368. The van der Waals surface area contributed by atoms with Gasteiger partial charge in [-0.2, -0.15) is 0 Å². The van der Waals surface area contributed by atoms with Crippen LogP contribution in [0.15, 0.2) is 28.6 Å². The molecule has 1 aromatic carbocycles. The molecule has 0 aliphatic carbocycles. The molecule has 0 saturated carbocycles. The Morgan fingerprint density at radius 1 is 1.22 bits per heavy atom. The number of anilines is 1. The van der Waals surface area contributed by atoms with E-state index in [9.17, 15) is 14.4 Å². The number of amides is 2. The van der Waals surface area contributed by atoms with Crippen LogP contribution < -0.4 is 11.1 Å². The first kappa shape index (κ1) is 21.1. The minimum atomic E-state index is -0.394. The van der Waals surface area contributed by atoms with Crippen molar-refractivity contribution in [2.45, 2.75) is 38.0 Å². The third kappa shape index (κ3) is 6.80. The Kier molecular flexibility index (Phi) is 7.55. The average Bonchev–Trinajstić information content (AvgIpc) is 2.91. The second-order valence-corrected chi connectivity index (χ2v) is 8.87. The molecule has 2 rings (SSSR count). The van der Waals surface area contributed by atoms with Gasteiger partial charge in [-0.05, 0) is 37.1 Å². The minimum Gasteiger partial charge on any atom is -0.369 e. The largest absolute Gasteiger partial charge is 0.369 e. The molecule has 2 aromatic rings. The van der Waals surface area contributed by atoms with Crippen molar-refractivity contribution in [3.63, 3.8) is 0 Å². The van der Waals surface area contributed by atoms with Crippen LogP contribution in [0.4, 0.5) is 5.69 Å². The maximum absolute atomic E-state index is 12.4. The summed E-state index contributed by atoms with van der Waals surface area (Å²) in [5.74, 6) is 0.0906. The van der Waals surface area contributed by atoms with E-state index < -0.39 is 5.91 Å². The predicted molar refractivity (Wildman–Crippen MR) is 109 cm³/mol. The normalized spacial score (nSPS) is 10.8. The van der Waals surface area contributed by atoms with E-state index in [0.29, 0.717) is 23.6 Å². The number of primary amides is 1. The molecule has 0 aliphatic rings. The number of hydrogen-bond acceptors (Lipinski definition) is 6. The molecule has 1 heterocycles. The summed E-state index contributed by atoms with van der Waals surface area (Å²) in [6.45, 7) is 5.80. The van der Waals surface area contributed by atoms with Gasteiger partial charge in [0, 0.05) is 22.5 Å². The van der Waals surface area contributed by atoms with Gasteiger partial charge in [0.05, 0.1) is 17.9 Å². The van der Waals surface area contributed by atoms with Gasteiger partial charge in [-0.1, -0.05) is 25.6 Å². The van der Waals surface area contributed by atoms with E-state index >= 15 is 0 Å². The lowest BCUT2D eigenvalue weighted by molar-refractivity contribution is -0.118. The van der Waals surface area contributed by atoms with E-state index in [1.54, 1.807) is 24.3 Å². The molecule has 0 spiro atoms. The summed E-state index contributed by atoms with van der Waals surface area (Å²) in [6, 6.07) is 6.88. The van der Waals surface area contributed by atoms with Crippen molar-refractivity contribution in [1.82, 2.24) is 4.98 Å². The zero-order valence-corrected chi connectivity index (χ0v) is 17.2. The molecule has 6 nitrogen and oxygen atoms in total. The first-order chi connectivity index (χ1) is 12.7. The molecule has 0 unspecified atom stereocenters.